The Morgan fingerprint density at radius 3 is 2.17 bits per heavy atom. The normalized spacial score (nSPS) is 11.8. The number of nitrogens with one attached hydrogen (secondary N) is 1. The topological polar surface area (TPSA) is 105 Å². The zero-order valence-electron chi connectivity index (χ0n) is 24.1. The molecule has 9 nitrogen and oxygen atoms in total. The van der Waals surface area contributed by atoms with Crippen molar-refractivity contribution in [3.05, 3.63) is 84.4 Å². The van der Waals surface area contributed by atoms with Crippen LogP contribution in [0.4, 0.5) is 5.69 Å². The van der Waals surface area contributed by atoms with E-state index in [0.29, 0.717) is 30.2 Å². The van der Waals surface area contributed by atoms with Gasteiger partial charge in [0.1, 0.15) is 24.1 Å². The number of nitrogens with zero attached hydrogens (tertiary/aromatic N) is 2. The number of sulfonamides is 1. The fraction of sp³-hybridized carbons (Fsp3) is 0.355. The summed E-state index contributed by atoms with van der Waals surface area (Å²) in [5.74, 6) is 0.340. The van der Waals surface area contributed by atoms with Gasteiger partial charge in [0.25, 0.3) is 10.0 Å². The van der Waals surface area contributed by atoms with Crippen molar-refractivity contribution in [2.45, 2.75) is 50.6 Å². The highest BCUT2D eigenvalue weighted by Crippen LogP contribution is 2.26. The van der Waals surface area contributed by atoms with Gasteiger partial charge in [0.05, 0.1) is 24.8 Å². The van der Waals surface area contributed by atoms with Gasteiger partial charge in [-0.1, -0.05) is 50.6 Å². The molecular weight excluding hydrogens is 542 g/mol. The van der Waals surface area contributed by atoms with Crippen molar-refractivity contribution >= 4 is 27.5 Å². The molecular formula is C31H39N3O6S. The molecule has 1 atom stereocenters. The molecule has 1 N–H and O–H groups in total. The molecule has 0 spiro atoms. The lowest BCUT2D eigenvalue weighted by atomic mass is 10.1. The van der Waals surface area contributed by atoms with Crippen LogP contribution in [-0.4, -0.2) is 58.5 Å². The summed E-state index contributed by atoms with van der Waals surface area (Å²) in [6, 6.07) is 20.9. The van der Waals surface area contributed by atoms with E-state index in [1.807, 2.05) is 26.0 Å². The molecule has 0 aliphatic heterocycles. The molecule has 1 unspecified atom stereocenters. The van der Waals surface area contributed by atoms with Gasteiger partial charge < -0.3 is 19.7 Å². The number of unbranched alkanes of at least 4 members (excludes halogenated alkanes) is 1. The van der Waals surface area contributed by atoms with Crippen LogP contribution < -0.4 is 19.1 Å². The van der Waals surface area contributed by atoms with Crippen molar-refractivity contribution in [1.29, 1.82) is 0 Å². The van der Waals surface area contributed by atoms with Gasteiger partial charge in [-0.15, -0.1) is 0 Å². The fourth-order valence-electron chi connectivity index (χ4n) is 4.39. The van der Waals surface area contributed by atoms with Crippen molar-refractivity contribution in [1.82, 2.24) is 10.2 Å². The average Bonchev–Trinajstić information content (AvgIpc) is 3.00. The van der Waals surface area contributed by atoms with Gasteiger partial charge in [-0.05, 0) is 66.9 Å². The smallest absolute Gasteiger partial charge is 0.264 e. The minimum absolute atomic E-state index is 0.0126. The van der Waals surface area contributed by atoms with Crippen LogP contribution in [0.15, 0.2) is 83.8 Å². The lowest BCUT2D eigenvalue weighted by Gasteiger charge is -2.33. The van der Waals surface area contributed by atoms with Crippen LogP contribution in [0.3, 0.4) is 0 Å². The van der Waals surface area contributed by atoms with Crippen LogP contribution in [0.2, 0.25) is 0 Å². The van der Waals surface area contributed by atoms with Crippen LogP contribution in [0, 0.1) is 0 Å². The number of hydrogen-bond acceptors (Lipinski definition) is 6. The zero-order valence-corrected chi connectivity index (χ0v) is 24.9. The number of methoxy groups -OCH3 is 2. The van der Waals surface area contributed by atoms with Gasteiger partial charge in [-0.2, -0.15) is 0 Å². The number of anilines is 1. The Balaban J connectivity index is 2.02. The van der Waals surface area contributed by atoms with E-state index in [0.717, 1.165) is 22.7 Å². The Hall–Kier alpha value is -4.05. The molecule has 0 radical (unpaired) electrons. The fourth-order valence-corrected chi connectivity index (χ4v) is 5.81. The Bertz CT molecular complexity index is 1380. The second-order valence-corrected chi connectivity index (χ2v) is 11.3. The average molecular weight is 582 g/mol. The maximum atomic E-state index is 14.1. The third kappa shape index (κ3) is 8.23. The first-order valence-electron chi connectivity index (χ1n) is 13.7. The first kappa shape index (κ1) is 31.5. The molecule has 220 valence electrons. The van der Waals surface area contributed by atoms with Gasteiger partial charge in [-0.3, -0.25) is 13.9 Å². The summed E-state index contributed by atoms with van der Waals surface area (Å²) in [4.78, 5) is 28.8. The maximum Gasteiger partial charge on any atom is 0.264 e. The van der Waals surface area contributed by atoms with E-state index < -0.39 is 28.5 Å². The van der Waals surface area contributed by atoms with Crippen molar-refractivity contribution < 1.29 is 27.5 Å². The number of carbonyl (C=O) groups excluding carboxylic acids is 2. The Labute approximate surface area is 243 Å². The standard InChI is InChI=1S/C31H39N3O6S/c1-5-7-20-32-31(36)29(6-2)33(22-24-12-11-15-27(21-24)40-4)30(35)23-34(25-13-9-8-10-14-25)41(37,38)28-18-16-26(39-3)17-19-28/h8-19,21,29H,5-7,20,22-23H2,1-4H3,(H,32,36). The predicted molar refractivity (Wildman–Crippen MR) is 160 cm³/mol. The second-order valence-electron chi connectivity index (χ2n) is 9.46. The highest BCUT2D eigenvalue weighted by molar-refractivity contribution is 7.92. The molecule has 0 saturated heterocycles. The molecule has 10 heteroatoms. The van der Waals surface area contributed by atoms with Gasteiger partial charge in [0.15, 0.2) is 0 Å². The van der Waals surface area contributed by atoms with Crippen molar-refractivity contribution in [3.63, 3.8) is 0 Å². The van der Waals surface area contributed by atoms with E-state index in [2.05, 4.69) is 5.32 Å². The summed E-state index contributed by atoms with van der Waals surface area (Å²) in [5.41, 5.74) is 1.08. The van der Waals surface area contributed by atoms with E-state index in [1.54, 1.807) is 61.7 Å². The molecule has 0 aromatic heterocycles. The van der Waals surface area contributed by atoms with Crippen LogP contribution in [0.25, 0.3) is 0 Å². The minimum atomic E-state index is -4.15. The van der Waals surface area contributed by atoms with Gasteiger partial charge in [0, 0.05) is 13.1 Å². The SMILES string of the molecule is CCCCNC(=O)C(CC)N(Cc1cccc(OC)c1)C(=O)CN(c1ccccc1)S(=O)(=O)c1ccc(OC)cc1. The molecule has 0 bridgehead atoms. The number of benzene rings is 3. The zero-order chi connectivity index (χ0) is 29.8. The first-order chi connectivity index (χ1) is 19.7. The largest absolute Gasteiger partial charge is 0.497 e. The number of para-hydroxylation sites is 1. The number of carbonyl (C=O) groups is 2. The van der Waals surface area contributed by atoms with Crippen molar-refractivity contribution in [2.75, 3.05) is 31.6 Å². The first-order valence-corrected chi connectivity index (χ1v) is 15.1. The Morgan fingerprint density at radius 2 is 1.56 bits per heavy atom. The quantitative estimate of drug-likeness (QED) is 0.263. The monoisotopic (exact) mass is 581 g/mol. The van der Waals surface area contributed by atoms with E-state index in [4.69, 9.17) is 9.47 Å². The summed E-state index contributed by atoms with van der Waals surface area (Å²) < 4.78 is 39.4. The number of rotatable bonds is 15. The van der Waals surface area contributed by atoms with Crippen LogP contribution in [0.1, 0.15) is 38.7 Å². The van der Waals surface area contributed by atoms with Crippen LogP contribution in [0.5, 0.6) is 11.5 Å². The Morgan fingerprint density at radius 1 is 0.878 bits per heavy atom. The highest BCUT2D eigenvalue weighted by atomic mass is 32.2. The van der Waals surface area contributed by atoms with E-state index in [9.17, 15) is 18.0 Å². The summed E-state index contributed by atoms with van der Waals surface area (Å²) >= 11 is 0. The van der Waals surface area contributed by atoms with Crippen molar-refractivity contribution in [3.8, 4) is 11.5 Å². The van der Waals surface area contributed by atoms with E-state index in [1.165, 1.54) is 24.1 Å². The summed E-state index contributed by atoms with van der Waals surface area (Å²) in [7, 11) is -1.10. The maximum absolute atomic E-state index is 14.1. The molecule has 0 fully saturated rings. The summed E-state index contributed by atoms with van der Waals surface area (Å²) in [6.45, 7) is 3.96. The third-order valence-electron chi connectivity index (χ3n) is 6.67. The predicted octanol–water partition coefficient (Wildman–Crippen LogP) is 4.62. The van der Waals surface area contributed by atoms with Crippen LogP contribution in [-0.2, 0) is 26.2 Å². The number of hydrogen-bond donors (Lipinski definition) is 1. The van der Waals surface area contributed by atoms with Gasteiger partial charge >= 0.3 is 0 Å². The number of amides is 2. The van der Waals surface area contributed by atoms with Crippen LogP contribution >= 0.6 is 0 Å². The lowest BCUT2D eigenvalue weighted by molar-refractivity contribution is -0.140. The molecule has 0 aliphatic carbocycles. The van der Waals surface area contributed by atoms with Gasteiger partial charge in [0.2, 0.25) is 11.8 Å². The molecule has 3 rings (SSSR count). The van der Waals surface area contributed by atoms with E-state index >= 15 is 0 Å². The molecule has 3 aromatic carbocycles. The molecule has 0 heterocycles. The van der Waals surface area contributed by atoms with Gasteiger partial charge in [-0.25, -0.2) is 8.42 Å². The second kappa shape index (κ2) is 15.1. The molecule has 3 aromatic rings. The highest BCUT2D eigenvalue weighted by Gasteiger charge is 2.33. The summed E-state index contributed by atoms with van der Waals surface area (Å²) in [5, 5.41) is 2.93. The molecule has 2 amide bonds. The lowest BCUT2D eigenvalue weighted by Crippen LogP contribution is -2.52. The summed E-state index contributed by atoms with van der Waals surface area (Å²) in [6.07, 6.45) is 2.08. The number of ether oxygens (including phenoxy) is 2. The Kier molecular flexibility index (Phi) is 11.6. The molecule has 0 aliphatic rings. The third-order valence-corrected chi connectivity index (χ3v) is 8.46. The minimum Gasteiger partial charge on any atom is -0.497 e. The van der Waals surface area contributed by atoms with E-state index in [-0.39, 0.29) is 17.3 Å². The van der Waals surface area contributed by atoms with Crippen molar-refractivity contribution in [2.24, 2.45) is 0 Å². The molecule has 41 heavy (non-hydrogen) atoms. The molecule has 0 saturated carbocycles.